The smallest absolute Gasteiger partial charge is 0.206 e. The van der Waals surface area contributed by atoms with Crippen molar-refractivity contribution >= 4 is 32.9 Å². The van der Waals surface area contributed by atoms with E-state index in [1.54, 1.807) is 22.7 Å². The maximum Gasteiger partial charge on any atom is 0.206 e. The fourth-order valence-corrected chi connectivity index (χ4v) is 4.37. The van der Waals surface area contributed by atoms with Crippen molar-refractivity contribution in [3.8, 4) is 9.88 Å². The molecule has 0 aliphatic carbocycles. The summed E-state index contributed by atoms with van der Waals surface area (Å²) in [6.07, 6.45) is 2.55. The highest BCUT2D eigenvalue weighted by atomic mass is 32.1. The third-order valence-corrected chi connectivity index (χ3v) is 5.42. The van der Waals surface area contributed by atoms with Gasteiger partial charge in [-0.05, 0) is 33.6 Å². The summed E-state index contributed by atoms with van der Waals surface area (Å²) in [6, 6.07) is 0.374. The lowest BCUT2D eigenvalue weighted by Gasteiger charge is -2.11. The number of aryl methyl sites for hydroxylation is 1. The topological polar surface area (TPSA) is 53.9 Å². The van der Waals surface area contributed by atoms with E-state index >= 15 is 0 Å². The van der Waals surface area contributed by atoms with Gasteiger partial charge < -0.3 is 10.2 Å². The number of aromatic nitrogens is 3. The molecule has 0 amide bonds. The van der Waals surface area contributed by atoms with E-state index in [1.165, 1.54) is 12.8 Å². The van der Waals surface area contributed by atoms with Gasteiger partial charge in [-0.1, -0.05) is 22.7 Å². The van der Waals surface area contributed by atoms with Crippen molar-refractivity contribution in [2.45, 2.75) is 39.7 Å². The third kappa shape index (κ3) is 2.78. The summed E-state index contributed by atoms with van der Waals surface area (Å²) >= 11 is 3.34. The predicted octanol–water partition coefficient (Wildman–Crippen LogP) is 3.39. The molecule has 0 spiro atoms. The molecule has 7 heteroatoms. The van der Waals surface area contributed by atoms with Crippen LogP contribution in [0.25, 0.3) is 9.88 Å². The molecule has 0 unspecified atom stereocenters. The van der Waals surface area contributed by atoms with Gasteiger partial charge in [-0.3, -0.25) is 0 Å². The van der Waals surface area contributed by atoms with Crippen molar-refractivity contribution in [3.05, 3.63) is 5.69 Å². The summed E-state index contributed by atoms with van der Waals surface area (Å²) in [7, 11) is 0. The average Bonchev–Trinajstić information content (AvgIpc) is 3.07. The summed E-state index contributed by atoms with van der Waals surface area (Å²) in [6.45, 7) is 8.52. The van der Waals surface area contributed by atoms with Gasteiger partial charge >= 0.3 is 0 Å². The molecular formula is C13H19N5S2. The van der Waals surface area contributed by atoms with Gasteiger partial charge in [-0.25, -0.2) is 4.98 Å². The number of anilines is 2. The van der Waals surface area contributed by atoms with Gasteiger partial charge in [-0.2, -0.15) is 0 Å². The molecule has 2 aromatic heterocycles. The lowest BCUT2D eigenvalue weighted by Crippen LogP contribution is -2.17. The average molecular weight is 309 g/mol. The van der Waals surface area contributed by atoms with E-state index in [0.29, 0.717) is 6.04 Å². The zero-order valence-corrected chi connectivity index (χ0v) is 13.6. The first-order valence-electron chi connectivity index (χ1n) is 6.96. The van der Waals surface area contributed by atoms with Crippen molar-refractivity contribution in [2.75, 3.05) is 23.3 Å². The molecule has 1 aliphatic heterocycles. The van der Waals surface area contributed by atoms with Crippen LogP contribution in [0.15, 0.2) is 0 Å². The molecule has 1 saturated heterocycles. The second-order valence-electron chi connectivity index (χ2n) is 5.32. The number of rotatable bonds is 4. The molecule has 0 bridgehead atoms. The van der Waals surface area contributed by atoms with Gasteiger partial charge in [-0.15, -0.1) is 10.2 Å². The zero-order chi connectivity index (χ0) is 14.1. The quantitative estimate of drug-likeness (QED) is 0.938. The number of thiazole rings is 1. The Kier molecular flexibility index (Phi) is 3.89. The molecule has 2 aromatic rings. The standard InChI is InChI=1S/C13H19N5S2/c1-8(2)14-12-17-16-11(20-12)10-9(3)15-13(19-10)18-6-4-5-7-18/h8H,4-7H2,1-3H3,(H,14,17). The highest BCUT2D eigenvalue weighted by molar-refractivity contribution is 7.25. The van der Waals surface area contributed by atoms with Gasteiger partial charge in [0.25, 0.3) is 0 Å². The van der Waals surface area contributed by atoms with Gasteiger partial charge in [0.05, 0.1) is 10.6 Å². The molecule has 5 nitrogen and oxygen atoms in total. The zero-order valence-electron chi connectivity index (χ0n) is 12.0. The molecule has 0 saturated carbocycles. The van der Waals surface area contributed by atoms with E-state index in [-0.39, 0.29) is 0 Å². The molecular weight excluding hydrogens is 290 g/mol. The van der Waals surface area contributed by atoms with E-state index < -0.39 is 0 Å². The maximum atomic E-state index is 4.70. The largest absolute Gasteiger partial charge is 0.358 e. The molecule has 0 aromatic carbocycles. The van der Waals surface area contributed by atoms with Crippen molar-refractivity contribution in [1.82, 2.24) is 15.2 Å². The van der Waals surface area contributed by atoms with E-state index in [9.17, 15) is 0 Å². The Labute approximate surface area is 127 Å². The van der Waals surface area contributed by atoms with Gasteiger partial charge in [0.15, 0.2) is 10.1 Å². The molecule has 20 heavy (non-hydrogen) atoms. The maximum absolute atomic E-state index is 4.70. The van der Waals surface area contributed by atoms with E-state index in [1.807, 2.05) is 0 Å². The second-order valence-corrected chi connectivity index (χ2v) is 7.27. The Balaban J connectivity index is 1.84. The lowest BCUT2D eigenvalue weighted by molar-refractivity contribution is 0.888. The minimum absolute atomic E-state index is 0.374. The summed E-state index contributed by atoms with van der Waals surface area (Å²) in [4.78, 5) is 8.23. The fourth-order valence-electron chi connectivity index (χ4n) is 2.24. The van der Waals surface area contributed by atoms with Crippen LogP contribution in [0, 0.1) is 6.92 Å². The minimum atomic E-state index is 0.374. The fraction of sp³-hybridized carbons (Fsp3) is 0.615. The summed E-state index contributed by atoms with van der Waals surface area (Å²) in [5.74, 6) is 0. The Bertz CT molecular complexity index is 583. The first-order chi connectivity index (χ1) is 9.63. The van der Waals surface area contributed by atoms with Crippen LogP contribution in [0.2, 0.25) is 0 Å². The number of nitrogens with zero attached hydrogens (tertiary/aromatic N) is 4. The van der Waals surface area contributed by atoms with Crippen LogP contribution in [0.4, 0.5) is 10.3 Å². The van der Waals surface area contributed by atoms with Crippen LogP contribution < -0.4 is 10.2 Å². The molecule has 0 radical (unpaired) electrons. The number of hydrogen-bond acceptors (Lipinski definition) is 7. The van der Waals surface area contributed by atoms with Gasteiger partial charge in [0.1, 0.15) is 0 Å². The normalized spacial score (nSPS) is 15.3. The Morgan fingerprint density at radius 2 is 1.90 bits per heavy atom. The van der Waals surface area contributed by atoms with Crippen LogP contribution in [0.1, 0.15) is 32.4 Å². The summed E-state index contributed by atoms with van der Waals surface area (Å²) < 4.78 is 0. The lowest BCUT2D eigenvalue weighted by atomic mass is 10.4. The van der Waals surface area contributed by atoms with E-state index in [0.717, 1.165) is 38.9 Å². The van der Waals surface area contributed by atoms with Crippen molar-refractivity contribution in [3.63, 3.8) is 0 Å². The van der Waals surface area contributed by atoms with Crippen molar-refractivity contribution in [2.24, 2.45) is 0 Å². The van der Waals surface area contributed by atoms with E-state index in [2.05, 4.69) is 41.2 Å². The molecule has 1 aliphatic rings. The van der Waals surface area contributed by atoms with Crippen molar-refractivity contribution in [1.29, 1.82) is 0 Å². The van der Waals surface area contributed by atoms with Crippen LogP contribution in [0.5, 0.6) is 0 Å². The second kappa shape index (κ2) is 5.65. The molecule has 108 valence electrons. The SMILES string of the molecule is Cc1nc(N2CCCC2)sc1-c1nnc(NC(C)C)s1. The summed E-state index contributed by atoms with van der Waals surface area (Å²) in [5, 5.41) is 14.8. The minimum Gasteiger partial charge on any atom is -0.358 e. The Morgan fingerprint density at radius 1 is 1.15 bits per heavy atom. The number of hydrogen-bond donors (Lipinski definition) is 1. The highest BCUT2D eigenvalue weighted by Crippen LogP contribution is 2.37. The van der Waals surface area contributed by atoms with Gasteiger partial charge in [0.2, 0.25) is 5.13 Å². The highest BCUT2D eigenvalue weighted by Gasteiger charge is 2.20. The molecule has 1 fully saturated rings. The molecule has 3 heterocycles. The Morgan fingerprint density at radius 3 is 2.60 bits per heavy atom. The summed E-state index contributed by atoms with van der Waals surface area (Å²) in [5.41, 5.74) is 1.06. The van der Waals surface area contributed by atoms with E-state index in [4.69, 9.17) is 4.98 Å². The van der Waals surface area contributed by atoms with Crippen LogP contribution >= 0.6 is 22.7 Å². The molecule has 1 N–H and O–H groups in total. The first kappa shape index (κ1) is 13.8. The monoisotopic (exact) mass is 309 g/mol. The first-order valence-corrected chi connectivity index (χ1v) is 8.59. The van der Waals surface area contributed by atoms with Gasteiger partial charge in [0, 0.05) is 19.1 Å². The van der Waals surface area contributed by atoms with Crippen molar-refractivity contribution < 1.29 is 0 Å². The Hall–Kier alpha value is -1.21. The van der Waals surface area contributed by atoms with Crippen LogP contribution in [-0.2, 0) is 0 Å². The van der Waals surface area contributed by atoms with Crippen LogP contribution in [-0.4, -0.2) is 34.3 Å². The predicted molar refractivity (Wildman–Crippen MR) is 86.0 cm³/mol. The number of nitrogens with one attached hydrogen (secondary N) is 1. The van der Waals surface area contributed by atoms with Crippen LogP contribution in [0.3, 0.4) is 0 Å². The molecule has 0 atom stereocenters. The third-order valence-electron chi connectivity index (χ3n) is 3.19. The molecule has 3 rings (SSSR count).